The van der Waals surface area contributed by atoms with E-state index in [1.165, 1.54) is 14.2 Å². The number of allylic oxidation sites excluding steroid dienone is 1. The highest BCUT2D eigenvalue weighted by atomic mass is 16.5. The average Bonchev–Trinajstić information content (AvgIpc) is 3.24. The fourth-order valence-electron chi connectivity index (χ4n) is 2.28. The number of carbonyl (C=O) groups is 2. The third-order valence-corrected chi connectivity index (χ3v) is 3.62. The quantitative estimate of drug-likeness (QED) is 0.296. The topological polar surface area (TPSA) is 61.8 Å². The van der Waals surface area contributed by atoms with Gasteiger partial charge in [-0.15, -0.1) is 12.3 Å². The Balaban J connectivity index is 2.91. The first-order valence-electron chi connectivity index (χ1n) is 6.92. The summed E-state index contributed by atoms with van der Waals surface area (Å²) in [5.74, 6) is 0.996. The van der Waals surface area contributed by atoms with Crippen LogP contribution in [0, 0.1) is 17.8 Å². The summed E-state index contributed by atoms with van der Waals surface area (Å²) in [6.07, 6.45) is 10.9. The highest BCUT2D eigenvalue weighted by molar-refractivity contribution is 6.00. The first-order chi connectivity index (χ1) is 10.00. The highest BCUT2D eigenvalue weighted by Gasteiger charge is 2.48. The SMILES string of the molecule is C#CCC(C/C=C/C1(OCC)CC1)(C(=O)OC)C(=O)OC. The molecule has 0 aromatic heterocycles. The lowest BCUT2D eigenvalue weighted by molar-refractivity contribution is -0.168. The minimum atomic E-state index is -1.49. The molecule has 1 aliphatic carbocycles. The molecule has 5 nitrogen and oxygen atoms in total. The van der Waals surface area contributed by atoms with Crippen LogP contribution in [-0.4, -0.2) is 38.4 Å². The second-order valence-corrected chi connectivity index (χ2v) is 5.05. The molecule has 0 heterocycles. The van der Waals surface area contributed by atoms with E-state index in [4.69, 9.17) is 20.6 Å². The van der Waals surface area contributed by atoms with Crippen LogP contribution in [0.15, 0.2) is 12.2 Å². The molecule has 0 bridgehead atoms. The molecule has 0 aliphatic heterocycles. The molecule has 0 N–H and O–H groups in total. The van der Waals surface area contributed by atoms with Gasteiger partial charge < -0.3 is 14.2 Å². The van der Waals surface area contributed by atoms with Crippen molar-refractivity contribution in [2.45, 2.75) is 38.2 Å². The lowest BCUT2D eigenvalue weighted by atomic mass is 9.81. The molecule has 1 fully saturated rings. The van der Waals surface area contributed by atoms with E-state index < -0.39 is 17.4 Å². The van der Waals surface area contributed by atoms with Gasteiger partial charge in [0.05, 0.1) is 19.8 Å². The monoisotopic (exact) mass is 294 g/mol. The molecule has 0 saturated heterocycles. The zero-order chi connectivity index (χ0) is 15.9. The smallest absolute Gasteiger partial charge is 0.324 e. The Bertz CT molecular complexity index is 438. The number of hydrogen-bond acceptors (Lipinski definition) is 5. The molecule has 1 aliphatic rings. The zero-order valence-electron chi connectivity index (χ0n) is 12.8. The second-order valence-electron chi connectivity index (χ2n) is 5.05. The standard InChI is InChI=1S/C16H22O5/c1-5-8-16(13(17)19-3,14(18)20-4)10-7-9-15(11-12-15)21-6-2/h1,7,9H,6,8,10-12H2,2-4H3/b9-7+. The Labute approximate surface area is 125 Å². The lowest BCUT2D eigenvalue weighted by Gasteiger charge is -2.25. The second kappa shape index (κ2) is 7.28. The molecule has 0 aromatic carbocycles. The van der Waals surface area contributed by atoms with Crippen LogP contribution in [0.25, 0.3) is 0 Å². The van der Waals surface area contributed by atoms with Crippen molar-refractivity contribution in [3.8, 4) is 12.3 Å². The van der Waals surface area contributed by atoms with Gasteiger partial charge in [0.2, 0.25) is 0 Å². The molecule has 116 valence electrons. The van der Waals surface area contributed by atoms with Crippen molar-refractivity contribution in [1.82, 2.24) is 0 Å². The zero-order valence-corrected chi connectivity index (χ0v) is 12.8. The van der Waals surface area contributed by atoms with Gasteiger partial charge in [0.15, 0.2) is 5.41 Å². The Morgan fingerprint density at radius 2 is 1.86 bits per heavy atom. The van der Waals surface area contributed by atoms with Crippen LogP contribution in [-0.2, 0) is 23.8 Å². The first-order valence-corrected chi connectivity index (χ1v) is 6.92. The van der Waals surface area contributed by atoms with Gasteiger partial charge in [0, 0.05) is 13.0 Å². The van der Waals surface area contributed by atoms with E-state index in [0.29, 0.717) is 6.61 Å². The van der Waals surface area contributed by atoms with Gasteiger partial charge in [0.25, 0.3) is 0 Å². The molecule has 0 amide bonds. The molecule has 0 aromatic rings. The molecule has 0 atom stereocenters. The van der Waals surface area contributed by atoms with Crippen molar-refractivity contribution in [3.63, 3.8) is 0 Å². The molecular weight excluding hydrogens is 272 g/mol. The van der Waals surface area contributed by atoms with E-state index in [0.717, 1.165) is 12.8 Å². The number of rotatable bonds is 8. The molecular formula is C16H22O5. The minimum Gasteiger partial charge on any atom is -0.468 e. The van der Waals surface area contributed by atoms with E-state index in [1.54, 1.807) is 6.08 Å². The molecule has 0 spiro atoms. The van der Waals surface area contributed by atoms with Gasteiger partial charge in [-0.05, 0) is 26.2 Å². The predicted molar refractivity (Wildman–Crippen MR) is 77.3 cm³/mol. The minimum absolute atomic E-state index is 0.0711. The molecule has 5 heteroatoms. The first kappa shape index (κ1) is 17.3. The highest BCUT2D eigenvalue weighted by Crippen LogP contribution is 2.41. The summed E-state index contributed by atoms with van der Waals surface area (Å²) in [5.41, 5.74) is -1.74. The average molecular weight is 294 g/mol. The van der Waals surface area contributed by atoms with Crippen LogP contribution in [0.1, 0.15) is 32.6 Å². The van der Waals surface area contributed by atoms with E-state index >= 15 is 0 Å². The Kier molecular flexibility index (Phi) is 5.98. The predicted octanol–water partition coefficient (Wildman–Crippen LogP) is 1.86. The number of methoxy groups -OCH3 is 2. The van der Waals surface area contributed by atoms with Crippen molar-refractivity contribution >= 4 is 11.9 Å². The molecule has 0 radical (unpaired) electrons. The number of terminal acetylenes is 1. The molecule has 21 heavy (non-hydrogen) atoms. The van der Waals surface area contributed by atoms with Gasteiger partial charge in [-0.25, -0.2) is 0 Å². The maximum Gasteiger partial charge on any atom is 0.324 e. The molecule has 1 saturated carbocycles. The van der Waals surface area contributed by atoms with Gasteiger partial charge in [-0.2, -0.15) is 0 Å². The van der Waals surface area contributed by atoms with Crippen LogP contribution in [0.5, 0.6) is 0 Å². The lowest BCUT2D eigenvalue weighted by Crippen LogP contribution is -2.40. The van der Waals surface area contributed by atoms with Crippen LogP contribution in [0.4, 0.5) is 0 Å². The fourth-order valence-corrected chi connectivity index (χ4v) is 2.28. The maximum atomic E-state index is 12.0. The van der Waals surface area contributed by atoms with Gasteiger partial charge >= 0.3 is 11.9 Å². The van der Waals surface area contributed by atoms with Crippen LogP contribution in [0.3, 0.4) is 0 Å². The number of esters is 2. The number of hydrogen-bond donors (Lipinski definition) is 0. The van der Waals surface area contributed by atoms with Gasteiger partial charge in [-0.1, -0.05) is 12.2 Å². The van der Waals surface area contributed by atoms with Gasteiger partial charge in [-0.3, -0.25) is 9.59 Å². The van der Waals surface area contributed by atoms with E-state index in [9.17, 15) is 9.59 Å². The Morgan fingerprint density at radius 1 is 1.29 bits per heavy atom. The van der Waals surface area contributed by atoms with Gasteiger partial charge in [0.1, 0.15) is 0 Å². The summed E-state index contributed by atoms with van der Waals surface area (Å²) in [4.78, 5) is 24.1. The van der Waals surface area contributed by atoms with Crippen LogP contribution >= 0.6 is 0 Å². The van der Waals surface area contributed by atoms with E-state index in [1.807, 2.05) is 13.0 Å². The summed E-state index contributed by atoms with van der Waals surface area (Å²) in [6, 6.07) is 0. The van der Waals surface area contributed by atoms with Crippen molar-refractivity contribution in [1.29, 1.82) is 0 Å². The Morgan fingerprint density at radius 3 is 2.24 bits per heavy atom. The third-order valence-electron chi connectivity index (χ3n) is 3.62. The largest absolute Gasteiger partial charge is 0.468 e. The summed E-state index contributed by atoms with van der Waals surface area (Å²) in [7, 11) is 2.45. The van der Waals surface area contributed by atoms with Crippen molar-refractivity contribution in [2.24, 2.45) is 5.41 Å². The molecule has 0 unspecified atom stereocenters. The van der Waals surface area contributed by atoms with E-state index in [-0.39, 0.29) is 18.4 Å². The summed E-state index contributed by atoms with van der Waals surface area (Å²) in [6.45, 7) is 2.55. The van der Waals surface area contributed by atoms with Crippen molar-refractivity contribution in [2.75, 3.05) is 20.8 Å². The molecule has 1 rings (SSSR count). The number of ether oxygens (including phenoxy) is 3. The summed E-state index contributed by atoms with van der Waals surface area (Å²) >= 11 is 0. The van der Waals surface area contributed by atoms with Crippen LogP contribution in [0.2, 0.25) is 0 Å². The van der Waals surface area contributed by atoms with Crippen molar-refractivity contribution in [3.05, 3.63) is 12.2 Å². The normalized spacial score (nSPS) is 16.3. The summed E-state index contributed by atoms with van der Waals surface area (Å²) in [5, 5.41) is 0. The third kappa shape index (κ3) is 3.85. The Hall–Kier alpha value is -1.80. The summed E-state index contributed by atoms with van der Waals surface area (Å²) < 4.78 is 15.1. The van der Waals surface area contributed by atoms with Crippen molar-refractivity contribution < 1.29 is 23.8 Å². The fraction of sp³-hybridized carbons (Fsp3) is 0.625. The van der Waals surface area contributed by atoms with E-state index in [2.05, 4.69) is 5.92 Å². The number of carbonyl (C=O) groups excluding carboxylic acids is 2. The maximum absolute atomic E-state index is 12.0. The van der Waals surface area contributed by atoms with Crippen LogP contribution < -0.4 is 0 Å².